The summed E-state index contributed by atoms with van der Waals surface area (Å²) in [5, 5.41) is 4.07. The molecule has 1 fully saturated rings. The zero-order valence-corrected chi connectivity index (χ0v) is 14.1. The maximum Gasteiger partial charge on any atom is 0.246 e. The van der Waals surface area contributed by atoms with E-state index >= 15 is 0 Å². The molecule has 0 unspecified atom stereocenters. The van der Waals surface area contributed by atoms with Gasteiger partial charge in [-0.3, -0.25) is 9.58 Å². The van der Waals surface area contributed by atoms with Gasteiger partial charge in [0.2, 0.25) is 10.0 Å². The van der Waals surface area contributed by atoms with E-state index in [0.29, 0.717) is 19.6 Å². The molecule has 2 aromatic rings. The van der Waals surface area contributed by atoms with E-state index in [-0.39, 0.29) is 4.90 Å². The highest BCUT2D eigenvalue weighted by Crippen LogP contribution is 2.18. The van der Waals surface area contributed by atoms with E-state index in [1.807, 2.05) is 25.1 Å². The number of sulfonamides is 1. The Balaban J connectivity index is 1.62. The second-order valence-electron chi connectivity index (χ2n) is 5.70. The molecular weight excluding hydrogens is 312 g/mol. The molecule has 7 heteroatoms. The summed E-state index contributed by atoms with van der Waals surface area (Å²) in [5.41, 5.74) is 1.26. The fourth-order valence-corrected chi connectivity index (χ4v) is 4.15. The minimum absolute atomic E-state index is 0.288. The topological polar surface area (TPSA) is 58.4 Å². The lowest BCUT2D eigenvalue weighted by Crippen LogP contribution is -2.48. The summed E-state index contributed by atoms with van der Waals surface area (Å²) < 4.78 is 28.5. The molecule has 0 spiro atoms. The average molecular weight is 334 g/mol. The zero-order valence-electron chi connectivity index (χ0n) is 13.3. The maximum atomic E-state index is 12.6. The third-order valence-electron chi connectivity index (χ3n) is 4.15. The molecule has 124 valence electrons. The third kappa shape index (κ3) is 3.63. The fraction of sp³-hybridized carbons (Fsp3) is 0.438. The molecule has 0 amide bonds. The van der Waals surface area contributed by atoms with E-state index in [1.165, 1.54) is 11.8 Å². The number of rotatable bonds is 5. The average Bonchev–Trinajstić information content (AvgIpc) is 3.06. The van der Waals surface area contributed by atoms with Crippen molar-refractivity contribution in [3.05, 3.63) is 48.3 Å². The van der Waals surface area contributed by atoms with Crippen molar-refractivity contribution in [1.29, 1.82) is 0 Å². The summed E-state index contributed by atoms with van der Waals surface area (Å²) in [6.07, 6.45) is 3.04. The minimum atomic E-state index is -3.42. The van der Waals surface area contributed by atoms with Gasteiger partial charge in [-0.15, -0.1) is 0 Å². The third-order valence-corrected chi connectivity index (χ3v) is 6.00. The molecule has 1 aliphatic rings. The van der Waals surface area contributed by atoms with Gasteiger partial charge in [0, 0.05) is 45.5 Å². The van der Waals surface area contributed by atoms with Crippen molar-refractivity contribution in [2.75, 3.05) is 26.2 Å². The predicted octanol–water partition coefficient (Wildman–Crippen LogP) is 1.41. The normalized spacial score (nSPS) is 17.4. The molecule has 1 aromatic carbocycles. The molecule has 1 aromatic heterocycles. The van der Waals surface area contributed by atoms with Crippen molar-refractivity contribution in [3.63, 3.8) is 0 Å². The Morgan fingerprint density at radius 3 is 2.39 bits per heavy atom. The van der Waals surface area contributed by atoms with Crippen LogP contribution in [0.1, 0.15) is 12.5 Å². The highest BCUT2D eigenvalue weighted by atomic mass is 32.2. The summed E-state index contributed by atoms with van der Waals surface area (Å²) >= 11 is 0. The molecule has 0 radical (unpaired) electrons. The van der Waals surface area contributed by atoms with Gasteiger partial charge < -0.3 is 0 Å². The standard InChI is InChI=1S/C16H22N4O2S/c1-2-19-14-16(12-17-19)23(21,22)20-10-8-18(9-11-20)13-15-6-4-3-5-7-15/h3-7,12,14H,2,8-11,13H2,1H3. The van der Waals surface area contributed by atoms with Crippen molar-refractivity contribution < 1.29 is 8.42 Å². The Bertz CT molecular complexity index is 734. The van der Waals surface area contributed by atoms with Crippen molar-refractivity contribution in [2.45, 2.75) is 24.9 Å². The first kappa shape index (κ1) is 16.2. The molecule has 3 rings (SSSR count). The van der Waals surface area contributed by atoms with Crippen LogP contribution in [0.2, 0.25) is 0 Å². The fourth-order valence-electron chi connectivity index (χ4n) is 2.77. The maximum absolute atomic E-state index is 12.6. The molecule has 1 saturated heterocycles. The summed E-state index contributed by atoms with van der Waals surface area (Å²) in [5.74, 6) is 0. The van der Waals surface area contributed by atoms with Crippen molar-refractivity contribution >= 4 is 10.0 Å². The number of aromatic nitrogens is 2. The van der Waals surface area contributed by atoms with Gasteiger partial charge in [-0.05, 0) is 12.5 Å². The summed E-state index contributed by atoms with van der Waals surface area (Å²) in [7, 11) is -3.42. The molecule has 0 bridgehead atoms. The van der Waals surface area contributed by atoms with E-state index in [2.05, 4.69) is 22.1 Å². The van der Waals surface area contributed by atoms with Crippen molar-refractivity contribution in [2.24, 2.45) is 0 Å². The van der Waals surface area contributed by atoms with Crippen LogP contribution in [0.3, 0.4) is 0 Å². The van der Waals surface area contributed by atoms with Crippen LogP contribution in [0.5, 0.6) is 0 Å². The Kier molecular flexibility index (Phi) is 4.79. The first-order chi connectivity index (χ1) is 11.1. The van der Waals surface area contributed by atoms with Gasteiger partial charge in [0.1, 0.15) is 4.90 Å². The lowest BCUT2D eigenvalue weighted by atomic mass is 10.2. The van der Waals surface area contributed by atoms with Crippen LogP contribution >= 0.6 is 0 Å². The summed E-state index contributed by atoms with van der Waals surface area (Å²) in [6, 6.07) is 10.3. The molecule has 0 N–H and O–H groups in total. The molecule has 0 aliphatic carbocycles. The van der Waals surface area contributed by atoms with Gasteiger partial charge in [-0.25, -0.2) is 8.42 Å². The van der Waals surface area contributed by atoms with E-state index < -0.39 is 10.0 Å². The zero-order chi connectivity index (χ0) is 16.3. The molecule has 6 nitrogen and oxygen atoms in total. The van der Waals surface area contributed by atoms with Crippen LogP contribution in [-0.2, 0) is 23.1 Å². The molecule has 0 saturated carbocycles. The lowest BCUT2D eigenvalue weighted by molar-refractivity contribution is 0.181. The second kappa shape index (κ2) is 6.82. The number of benzene rings is 1. The Morgan fingerprint density at radius 2 is 1.78 bits per heavy atom. The predicted molar refractivity (Wildman–Crippen MR) is 88.4 cm³/mol. The summed E-state index contributed by atoms with van der Waals surface area (Å²) in [6.45, 7) is 6.00. The molecular formula is C16H22N4O2S. The minimum Gasteiger partial charge on any atom is -0.296 e. The van der Waals surface area contributed by atoms with Crippen LogP contribution in [0.4, 0.5) is 0 Å². The number of piperazine rings is 1. The Hall–Kier alpha value is -1.70. The summed E-state index contributed by atoms with van der Waals surface area (Å²) in [4.78, 5) is 2.58. The first-order valence-electron chi connectivity index (χ1n) is 7.88. The largest absolute Gasteiger partial charge is 0.296 e. The SMILES string of the molecule is CCn1cc(S(=O)(=O)N2CCN(Cc3ccccc3)CC2)cn1. The van der Waals surface area contributed by atoms with Crippen LogP contribution < -0.4 is 0 Å². The van der Waals surface area contributed by atoms with Crippen LogP contribution in [0.15, 0.2) is 47.6 Å². The molecule has 2 heterocycles. The molecule has 23 heavy (non-hydrogen) atoms. The van der Waals surface area contributed by atoms with Gasteiger partial charge >= 0.3 is 0 Å². The lowest BCUT2D eigenvalue weighted by Gasteiger charge is -2.33. The van der Waals surface area contributed by atoms with Gasteiger partial charge in [0.15, 0.2) is 0 Å². The second-order valence-corrected chi connectivity index (χ2v) is 7.64. The Morgan fingerprint density at radius 1 is 1.09 bits per heavy atom. The first-order valence-corrected chi connectivity index (χ1v) is 9.32. The van der Waals surface area contributed by atoms with E-state index in [4.69, 9.17) is 0 Å². The van der Waals surface area contributed by atoms with Gasteiger partial charge in [0.25, 0.3) is 0 Å². The highest BCUT2D eigenvalue weighted by molar-refractivity contribution is 7.89. The van der Waals surface area contributed by atoms with Gasteiger partial charge in [-0.2, -0.15) is 9.40 Å². The van der Waals surface area contributed by atoms with Crippen LogP contribution in [0, 0.1) is 0 Å². The number of aryl methyl sites for hydroxylation is 1. The van der Waals surface area contributed by atoms with Crippen LogP contribution in [0.25, 0.3) is 0 Å². The van der Waals surface area contributed by atoms with Crippen molar-refractivity contribution in [1.82, 2.24) is 19.0 Å². The monoisotopic (exact) mass is 334 g/mol. The highest BCUT2D eigenvalue weighted by Gasteiger charge is 2.29. The number of hydrogen-bond acceptors (Lipinski definition) is 4. The van der Waals surface area contributed by atoms with Crippen LogP contribution in [-0.4, -0.2) is 53.6 Å². The van der Waals surface area contributed by atoms with E-state index in [0.717, 1.165) is 19.6 Å². The van der Waals surface area contributed by atoms with Crippen molar-refractivity contribution in [3.8, 4) is 0 Å². The van der Waals surface area contributed by atoms with E-state index in [9.17, 15) is 8.42 Å². The molecule has 0 atom stereocenters. The van der Waals surface area contributed by atoms with Gasteiger partial charge in [0.05, 0.1) is 6.20 Å². The van der Waals surface area contributed by atoms with Gasteiger partial charge in [-0.1, -0.05) is 30.3 Å². The molecule has 1 aliphatic heterocycles. The number of hydrogen-bond donors (Lipinski definition) is 0. The Labute approximate surface area is 137 Å². The van der Waals surface area contributed by atoms with E-state index in [1.54, 1.807) is 15.2 Å². The smallest absolute Gasteiger partial charge is 0.246 e. The number of nitrogens with zero attached hydrogens (tertiary/aromatic N) is 4. The quantitative estimate of drug-likeness (QED) is 0.829.